The highest BCUT2D eigenvalue weighted by Gasteiger charge is 2.09. The molecule has 0 aromatic heterocycles. The topological polar surface area (TPSA) is 50.7 Å². The minimum Gasteiger partial charge on any atom is -0.377 e. The molecule has 2 aromatic rings. The van der Waals surface area contributed by atoms with Crippen LogP contribution in [0.5, 0.6) is 0 Å². The van der Waals surface area contributed by atoms with Crippen LogP contribution < -0.4 is 5.73 Å². The van der Waals surface area contributed by atoms with Gasteiger partial charge >= 0.3 is 0 Å². The van der Waals surface area contributed by atoms with Gasteiger partial charge in [-0.1, -0.05) is 42.1 Å². The molecule has 0 aliphatic rings. The van der Waals surface area contributed by atoms with Crippen molar-refractivity contribution in [1.29, 1.82) is 0 Å². The quantitative estimate of drug-likeness (QED) is 0.461. The third kappa shape index (κ3) is 4.91. The van der Waals surface area contributed by atoms with Crippen molar-refractivity contribution in [3.8, 4) is 0 Å². The maximum atomic E-state index is 13.6. The van der Waals surface area contributed by atoms with E-state index in [-0.39, 0.29) is 5.82 Å². The third-order valence-electron chi connectivity index (χ3n) is 3.28. The number of hydrogen-bond acceptors (Lipinski definition) is 3. The van der Waals surface area contributed by atoms with Gasteiger partial charge in [0.15, 0.2) is 5.17 Å². The molecule has 3 nitrogen and oxygen atoms in total. The minimum atomic E-state index is -0.279. The molecule has 23 heavy (non-hydrogen) atoms. The molecule has 0 spiro atoms. The Kier molecular flexibility index (Phi) is 6.36. The second-order valence-corrected chi connectivity index (χ2v) is 6.77. The number of halogens is 2. The molecule has 120 valence electrons. The number of nitrogens with zero attached hydrogens (tertiary/aromatic N) is 2. The second kappa shape index (κ2) is 8.26. The molecule has 6 heteroatoms. The van der Waals surface area contributed by atoms with Gasteiger partial charge in [0.25, 0.3) is 0 Å². The summed E-state index contributed by atoms with van der Waals surface area (Å²) in [6, 6.07) is 11.5. The van der Waals surface area contributed by atoms with Gasteiger partial charge in [0.05, 0.1) is 10.7 Å². The molecule has 0 aliphatic heterocycles. The Balaban J connectivity index is 2.04. The van der Waals surface area contributed by atoms with Crippen LogP contribution in [0, 0.1) is 19.7 Å². The molecule has 0 amide bonds. The van der Waals surface area contributed by atoms with E-state index in [2.05, 4.69) is 26.1 Å². The maximum Gasteiger partial charge on any atom is 0.180 e. The fourth-order valence-corrected chi connectivity index (χ4v) is 2.97. The van der Waals surface area contributed by atoms with Gasteiger partial charge < -0.3 is 5.73 Å². The summed E-state index contributed by atoms with van der Waals surface area (Å²) in [5.41, 5.74) is 9.45. The fourth-order valence-electron chi connectivity index (χ4n) is 2.03. The highest BCUT2D eigenvalue weighted by atomic mass is 79.9. The zero-order valence-electron chi connectivity index (χ0n) is 12.9. The van der Waals surface area contributed by atoms with Crippen LogP contribution in [0.3, 0.4) is 0 Å². The number of hydrogen-bond donors (Lipinski definition) is 1. The van der Waals surface area contributed by atoms with Gasteiger partial charge in [0.1, 0.15) is 5.82 Å². The van der Waals surface area contributed by atoms with E-state index in [1.54, 1.807) is 6.21 Å². The Labute approximate surface area is 148 Å². The number of aryl methyl sites for hydroxylation is 1. The summed E-state index contributed by atoms with van der Waals surface area (Å²) in [6.07, 6.45) is 1.60. The van der Waals surface area contributed by atoms with E-state index in [0.29, 0.717) is 9.64 Å². The van der Waals surface area contributed by atoms with Crippen molar-refractivity contribution < 1.29 is 4.39 Å². The summed E-state index contributed by atoms with van der Waals surface area (Å²) in [4.78, 5) is 0. The molecule has 0 aliphatic carbocycles. The lowest BCUT2D eigenvalue weighted by Crippen LogP contribution is -2.06. The number of amidine groups is 1. The summed E-state index contributed by atoms with van der Waals surface area (Å²) in [5.74, 6) is 0.463. The number of rotatable bonds is 4. The first kappa shape index (κ1) is 17.7. The summed E-state index contributed by atoms with van der Waals surface area (Å²) in [6.45, 7) is 3.67. The van der Waals surface area contributed by atoms with Gasteiger partial charge in [-0.3, -0.25) is 0 Å². The fraction of sp³-hybridized carbons (Fsp3) is 0.176. The molecular weight excluding hydrogens is 377 g/mol. The van der Waals surface area contributed by atoms with Crippen molar-refractivity contribution >= 4 is 39.1 Å². The largest absolute Gasteiger partial charge is 0.377 e. The van der Waals surface area contributed by atoms with Gasteiger partial charge in [-0.25, -0.2) is 4.39 Å². The van der Waals surface area contributed by atoms with Crippen LogP contribution in [-0.4, -0.2) is 11.4 Å². The van der Waals surface area contributed by atoms with Crippen LogP contribution in [-0.2, 0) is 5.75 Å². The molecule has 0 unspecified atom stereocenters. The van der Waals surface area contributed by atoms with E-state index in [0.717, 1.165) is 22.4 Å². The van der Waals surface area contributed by atoms with E-state index in [1.165, 1.54) is 23.4 Å². The van der Waals surface area contributed by atoms with E-state index in [4.69, 9.17) is 5.73 Å². The molecule has 0 atom stereocenters. The molecule has 0 heterocycles. The Morgan fingerprint density at radius 1 is 1.30 bits per heavy atom. The Bertz CT molecular complexity index is 745. The highest BCUT2D eigenvalue weighted by molar-refractivity contribution is 9.10. The third-order valence-corrected chi connectivity index (χ3v) is 5.11. The van der Waals surface area contributed by atoms with Crippen molar-refractivity contribution in [3.05, 3.63) is 68.9 Å². The number of thioether (sulfide) groups is 1. The lowest BCUT2D eigenvalue weighted by Gasteiger charge is -2.07. The summed E-state index contributed by atoms with van der Waals surface area (Å²) < 4.78 is 14.0. The first-order valence-electron chi connectivity index (χ1n) is 6.97. The van der Waals surface area contributed by atoms with Crippen LogP contribution in [0.25, 0.3) is 0 Å². The molecule has 0 radical (unpaired) electrons. The van der Waals surface area contributed by atoms with Crippen LogP contribution in [0.15, 0.2) is 51.1 Å². The highest BCUT2D eigenvalue weighted by Crippen LogP contribution is 2.25. The number of nitrogens with two attached hydrogens (primary N) is 1. The van der Waals surface area contributed by atoms with Crippen LogP contribution in [0.2, 0.25) is 0 Å². The molecule has 0 saturated heterocycles. The monoisotopic (exact) mass is 393 g/mol. The maximum absolute atomic E-state index is 13.6. The molecule has 2 rings (SSSR count). The van der Waals surface area contributed by atoms with Crippen molar-refractivity contribution in [2.75, 3.05) is 0 Å². The standard InChI is InChI=1S/C17H17BrFN3S/c1-11-8-15(19)16(18)12(2)14(11)9-21-22-17(20)23-10-13-6-4-3-5-7-13/h3-9H,10H2,1-2H3,(H2,20,22). The molecule has 0 bridgehead atoms. The number of benzene rings is 2. The van der Waals surface area contributed by atoms with E-state index < -0.39 is 0 Å². The van der Waals surface area contributed by atoms with Crippen LogP contribution in [0.4, 0.5) is 4.39 Å². The lowest BCUT2D eigenvalue weighted by atomic mass is 10.0. The molecule has 0 saturated carbocycles. The van der Waals surface area contributed by atoms with Gasteiger partial charge in [0.2, 0.25) is 0 Å². The first-order chi connectivity index (χ1) is 11.0. The second-order valence-electron chi connectivity index (χ2n) is 4.99. The van der Waals surface area contributed by atoms with Crippen LogP contribution in [0.1, 0.15) is 22.3 Å². The Hall–Kier alpha value is -1.66. The minimum absolute atomic E-state index is 0.279. The van der Waals surface area contributed by atoms with E-state index in [1.807, 2.05) is 44.2 Å². The van der Waals surface area contributed by atoms with Gasteiger partial charge in [0, 0.05) is 11.3 Å². The first-order valence-corrected chi connectivity index (χ1v) is 8.75. The lowest BCUT2D eigenvalue weighted by molar-refractivity contribution is 0.618. The molecule has 2 N–H and O–H groups in total. The Morgan fingerprint density at radius 3 is 2.70 bits per heavy atom. The Morgan fingerprint density at radius 2 is 2.00 bits per heavy atom. The van der Waals surface area contributed by atoms with Crippen molar-refractivity contribution in [2.24, 2.45) is 15.9 Å². The van der Waals surface area contributed by atoms with E-state index >= 15 is 0 Å². The summed E-state index contributed by atoms with van der Waals surface area (Å²) >= 11 is 4.66. The van der Waals surface area contributed by atoms with Gasteiger partial charge in [-0.05, 0) is 52.5 Å². The van der Waals surface area contributed by atoms with Gasteiger partial charge in [-0.15, -0.1) is 5.10 Å². The zero-order valence-corrected chi connectivity index (χ0v) is 15.3. The average Bonchev–Trinajstić information content (AvgIpc) is 2.55. The molecular formula is C17H17BrFN3S. The van der Waals surface area contributed by atoms with Crippen molar-refractivity contribution in [1.82, 2.24) is 0 Å². The predicted molar refractivity (Wildman–Crippen MR) is 101 cm³/mol. The predicted octanol–water partition coefficient (Wildman–Crippen LogP) is 4.79. The molecule has 0 fully saturated rings. The van der Waals surface area contributed by atoms with Crippen molar-refractivity contribution in [2.45, 2.75) is 19.6 Å². The van der Waals surface area contributed by atoms with Crippen LogP contribution >= 0.6 is 27.7 Å². The molecule has 2 aromatic carbocycles. The summed E-state index contributed by atoms with van der Waals surface area (Å²) in [5, 5.41) is 8.40. The zero-order chi connectivity index (χ0) is 16.8. The average molecular weight is 394 g/mol. The SMILES string of the molecule is Cc1cc(F)c(Br)c(C)c1C=NN=C(N)SCc1ccccc1. The van der Waals surface area contributed by atoms with Crippen molar-refractivity contribution in [3.63, 3.8) is 0 Å². The normalized spacial score (nSPS) is 12.1. The smallest absolute Gasteiger partial charge is 0.180 e. The summed E-state index contributed by atoms with van der Waals surface area (Å²) in [7, 11) is 0. The van der Waals surface area contributed by atoms with Gasteiger partial charge in [-0.2, -0.15) is 5.10 Å². The van der Waals surface area contributed by atoms with E-state index in [9.17, 15) is 4.39 Å².